The van der Waals surface area contributed by atoms with Gasteiger partial charge in [0.15, 0.2) is 0 Å². The molecule has 98 valence electrons. The Kier molecular flexibility index (Phi) is 3.47. The van der Waals surface area contributed by atoms with Crippen LogP contribution in [0.3, 0.4) is 0 Å². The molecule has 3 saturated carbocycles. The zero-order valence-electron chi connectivity index (χ0n) is 11.6. The third-order valence-electron chi connectivity index (χ3n) is 5.28. The molecule has 0 aromatic heterocycles. The number of nitrogens with one attached hydrogen (secondary N) is 1. The van der Waals surface area contributed by atoms with Gasteiger partial charge in [-0.15, -0.1) is 0 Å². The molecule has 0 aromatic rings. The predicted molar refractivity (Wildman–Crippen MR) is 72.9 cm³/mol. The molecule has 0 heterocycles. The number of hydrogen-bond acceptors (Lipinski definition) is 1. The maximum atomic E-state index is 3.93. The molecule has 3 aliphatic carbocycles. The summed E-state index contributed by atoms with van der Waals surface area (Å²) in [6, 6.07) is 0.828. The van der Waals surface area contributed by atoms with Crippen LogP contribution in [-0.2, 0) is 0 Å². The lowest BCUT2D eigenvalue weighted by Crippen LogP contribution is -2.39. The van der Waals surface area contributed by atoms with E-state index in [0.29, 0.717) is 0 Å². The second kappa shape index (κ2) is 4.91. The van der Waals surface area contributed by atoms with Crippen molar-refractivity contribution >= 4 is 0 Å². The molecule has 1 N–H and O–H groups in total. The van der Waals surface area contributed by atoms with Gasteiger partial charge in [0.25, 0.3) is 0 Å². The summed E-state index contributed by atoms with van der Waals surface area (Å²) < 4.78 is 0. The van der Waals surface area contributed by atoms with Crippen LogP contribution in [0.2, 0.25) is 0 Å². The Hall–Kier alpha value is -0.0400. The van der Waals surface area contributed by atoms with E-state index in [-0.39, 0.29) is 0 Å². The predicted octanol–water partition coefficient (Wildman–Crippen LogP) is 3.84. The monoisotopic (exact) mass is 235 g/mol. The van der Waals surface area contributed by atoms with Gasteiger partial charge in [0, 0.05) is 6.04 Å². The molecule has 17 heavy (non-hydrogen) atoms. The third-order valence-corrected chi connectivity index (χ3v) is 5.28. The van der Waals surface area contributed by atoms with Crippen molar-refractivity contribution in [3.05, 3.63) is 0 Å². The zero-order valence-corrected chi connectivity index (χ0v) is 11.6. The van der Waals surface area contributed by atoms with Gasteiger partial charge in [0.2, 0.25) is 0 Å². The van der Waals surface area contributed by atoms with Crippen molar-refractivity contribution in [3.63, 3.8) is 0 Å². The van der Waals surface area contributed by atoms with Crippen molar-refractivity contribution in [1.82, 2.24) is 5.32 Å². The van der Waals surface area contributed by atoms with E-state index in [4.69, 9.17) is 0 Å². The molecule has 3 aliphatic rings. The highest BCUT2D eigenvalue weighted by atomic mass is 14.9. The zero-order chi connectivity index (χ0) is 11.8. The van der Waals surface area contributed by atoms with Crippen LogP contribution in [0, 0.1) is 29.6 Å². The van der Waals surface area contributed by atoms with Crippen LogP contribution in [0.1, 0.15) is 58.8 Å². The summed E-state index contributed by atoms with van der Waals surface area (Å²) in [5.74, 6) is 5.14. The van der Waals surface area contributed by atoms with Crippen LogP contribution in [0.15, 0.2) is 0 Å². The fourth-order valence-electron chi connectivity index (χ4n) is 4.18. The van der Waals surface area contributed by atoms with Crippen molar-refractivity contribution in [2.45, 2.75) is 64.8 Å². The van der Waals surface area contributed by atoms with Crippen molar-refractivity contribution in [3.8, 4) is 0 Å². The summed E-state index contributed by atoms with van der Waals surface area (Å²) in [7, 11) is 0. The van der Waals surface area contributed by atoms with Gasteiger partial charge in [-0.2, -0.15) is 0 Å². The first-order chi connectivity index (χ1) is 8.22. The van der Waals surface area contributed by atoms with Gasteiger partial charge in [0.1, 0.15) is 0 Å². The van der Waals surface area contributed by atoms with Crippen LogP contribution in [-0.4, -0.2) is 12.6 Å². The first-order valence-electron chi connectivity index (χ1n) is 7.95. The second-order valence-corrected chi connectivity index (χ2v) is 7.36. The Morgan fingerprint density at radius 1 is 0.882 bits per heavy atom. The minimum absolute atomic E-state index is 0.828. The molecule has 1 heteroatoms. The van der Waals surface area contributed by atoms with Gasteiger partial charge in [-0.1, -0.05) is 13.8 Å². The summed E-state index contributed by atoms with van der Waals surface area (Å²) >= 11 is 0. The Balaban J connectivity index is 1.45. The first kappa shape index (κ1) is 12.0. The van der Waals surface area contributed by atoms with Crippen LogP contribution in [0.5, 0.6) is 0 Å². The van der Waals surface area contributed by atoms with E-state index in [2.05, 4.69) is 19.2 Å². The lowest BCUT2D eigenvalue weighted by molar-refractivity contribution is 0.225. The lowest BCUT2D eigenvalue weighted by Gasteiger charge is -2.33. The van der Waals surface area contributed by atoms with Crippen molar-refractivity contribution in [2.75, 3.05) is 6.54 Å². The molecule has 0 aliphatic heterocycles. The van der Waals surface area contributed by atoms with E-state index in [0.717, 1.165) is 35.6 Å². The van der Waals surface area contributed by atoms with E-state index in [9.17, 15) is 0 Å². The molecular weight excluding hydrogens is 206 g/mol. The molecule has 3 rings (SSSR count). The molecular formula is C16H29N. The maximum absolute atomic E-state index is 3.93. The van der Waals surface area contributed by atoms with Crippen molar-refractivity contribution < 1.29 is 0 Å². The molecule has 2 unspecified atom stereocenters. The van der Waals surface area contributed by atoms with Gasteiger partial charge in [-0.25, -0.2) is 0 Å². The Morgan fingerprint density at radius 2 is 1.41 bits per heavy atom. The lowest BCUT2D eigenvalue weighted by atomic mass is 9.80. The largest absolute Gasteiger partial charge is 0.314 e. The average Bonchev–Trinajstić information content (AvgIpc) is 3.12. The summed E-state index contributed by atoms with van der Waals surface area (Å²) in [5, 5.41) is 3.93. The van der Waals surface area contributed by atoms with Crippen LogP contribution in [0.4, 0.5) is 0 Å². The molecule has 0 aromatic carbocycles. The van der Waals surface area contributed by atoms with Gasteiger partial charge < -0.3 is 5.32 Å². The average molecular weight is 235 g/mol. The van der Waals surface area contributed by atoms with Crippen LogP contribution >= 0.6 is 0 Å². The number of hydrogen-bond donors (Lipinski definition) is 1. The fourth-order valence-corrected chi connectivity index (χ4v) is 4.18. The van der Waals surface area contributed by atoms with E-state index >= 15 is 0 Å². The normalized spacial score (nSPS) is 38.6. The fraction of sp³-hybridized carbons (Fsp3) is 1.00. The Morgan fingerprint density at radius 3 is 1.88 bits per heavy atom. The van der Waals surface area contributed by atoms with E-state index in [1.807, 2.05) is 0 Å². The highest BCUT2D eigenvalue weighted by molar-refractivity contribution is 4.93. The standard InChI is InChI=1S/C16H29N/c1-11-7-12(2)9-15(8-11)17-10-16(13-3-4-13)14-5-6-14/h11-17H,3-10H2,1-2H3. The van der Waals surface area contributed by atoms with Crippen molar-refractivity contribution in [1.29, 1.82) is 0 Å². The summed E-state index contributed by atoms with van der Waals surface area (Å²) in [6.07, 6.45) is 10.4. The van der Waals surface area contributed by atoms with E-state index < -0.39 is 0 Å². The molecule has 3 fully saturated rings. The molecule has 1 nitrogen and oxygen atoms in total. The minimum Gasteiger partial charge on any atom is -0.314 e. The summed E-state index contributed by atoms with van der Waals surface area (Å²) in [6.45, 7) is 6.20. The first-order valence-corrected chi connectivity index (χ1v) is 7.95. The SMILES string of the molecule is CC1CC(C)CC(NCC(C2CC2)C2CC2)C1. The van der Waals surface area contributed by atoms with E-state index in [1.54, 1.807) is 0 Å². The molecule has 0 radical (unpaired) electrons. The van der Waals surface area contributed by atoms with Crippen molar-refractivity contribution in [2.24, 2.45) is 29.6 Å². The van der Waals surface area contributed by atoms with Crippen LogP contribution < -0.4 is 5.32 Å². The Labute approximate surface area is 107 Å². The summed E-state index contributed by atoms with van der Waals surface area (Å²) in [5.41, 5.74) is 0. The highest BCUT2D eigenvalue weighted by Gasteiger charge is 2.41. The molecule has 2 atom stereocenters. The smallest absolute Gasteiger partial charge is 0.00722 e. The maximum Gasteiger partial charge on any atom is 0.00722 e. The molecule has 0 spiro atoms. The number of rotatable bonds is 5. The quantitative estimate of drug-likeness (QED) is 0.763. The Bertz CT molecular complexity index is 232. The van der Waals surface area contributed by atoms with Gasteiger partial charge in [0.05, 0.1) is 0 Å². The van der Waals surface area contributed by atoms with Gasteiger partial charge in [-0.3, -0.25) is 0 Å². The van der Waals surface area contributed by atoms with Gasteiger partial charge in [-0.05, 0) is 81.1 Å². The molecule has 0 saturated heterocycles. The van der Waals surface area contributed by atoms with Gasteiger partial charge >= 0.3 is 0 Å². The van der Waals surface area contributed by atoms with E-state index in [1.165, 1.54) is 51.5 Å². The molecule has 0 bridgehead atoms. The highest BCUT2D eigenvalue weighted by Crippen LogP contribution is 2.49. The second-order valence-electron chi connectivity index (χ2n) is 7.36. The minimum atomic E-state index is 0.828. The summed E-state index contributed by atoms with van der Waals surface area (Å²) in [4.78, 5) is 0. The molecule has 0 amide bonds. The topological polar surface area (TPSA) is 12.0 Å². The van der Waals surface area contributed by atoms with Crippen LogP contribution in [0.25, 0.3) is 0 Å². The third kappa shape index (κ3) is 3.24.